The summed E-state index contributed by atoms with van der Waals surface area (Å²) in [5.41, 5.74) is 2.07. The Morgan fingerprint density at radius 3 is 2.71 bits per heavy atom. The third kappa shape index (κ3) is 2.71. The zero-order chi connectivity index (χ0) is 14.8. The van der Waals surface area contributed by atoms with Crippen molar-refractivity contribution < 1.29 is 14.2 Å². The summed E-state index contributed by atoms with van der Waals surface area (Å²) in [7, 11) is 0. The Kier molecular flexibility index (Phi) is 3.54. The molecule has 0 fully saturated rings. The first-order chi connectivity index (χ1) is 10.2. The number of halogens is 1. The second kappa shape index (κ2) is 5.50. The molecule has 0 aliphatic carbocycles. The Morgan fingerprint density at radius 1 is 1.10 bits per heavy atom. The van der Waals surface area contributed by atoms with Crippen LogP contribution in [0.2, 0.25) is 0 Å². The molecule has 4 heteroatoms. The van der Waals surface area contributed by atoms with E-state index >= 15 is 0 Å². The van der Waals surface area contributed by atoms with Gasteiger partial charge in [0.25, 0.3) is 0 Å². The van der Waals surface area contributed by atoms with Crippen LogP contribution in [0.5, 0.6) is 11.5 Å². The summed E-state index contributed by atoms with van der Waals surface area (Å²) in [6, 6.07) is 13.8. The molecule has 0 saturated carbocycles. The molecule has 0 bridgehead atoms. The molecule has 1 heterocycles. The van der Waals surface area contributed by atoms with Crippen LogP contribution in [-0.4, -0.2) is 10.1 Å². The molecule has 0 atom stereocenters. The van der Waals surface area contributed by atoms with Gasteiger partial charge in [-0.05, 0) is 36.8 Å². The molecule has 106 valence electrons. The predicted octanol–water partition coefficient (Wildman–Crippen LogP) is 3.97. The van der Waals surface area contributed by atoms with Gasteiger partial charge >= 0.3 is 0 Å². The van der Waals surface area contributed by atoms with Crippen LogP contribution in [0.4, 0.5) is 4.39 Å². The maximum Gasteiger partial charge on any atom is 0.166 e. The second-order valence-electron chi connectivity index (χ2n) is 4.81. The van der Waals surface area contributed by atoms with Gasteiger partial charge in [0.2, 0.25) is 0 Å². The van der Waals surface area contributed by atoms with Gasteiger partial charge in [0.05, 0.1) is 6.61 Å². The lowest BCUT2D eigenvalue weighted by Gasteiger charge is -2.10. The number of aliphatic hydroxyl groups excluding tert-OH is 1. The van der Waals surface area contributed by atoms with Crippen LogP contribution in [0, 0.1) is 12.7 Å². The van der Waals surface area contributed by atoms with E-state index in [2.05, 4.69) is 4.98 Å². The van der Waals surface area contributed by atoms with Crippen LogP contribution < -0.4 is 4.74 Å². The highest BCUT2D eigenvalue weighted by Gasteiger charge is 2.09. The largest absolute Gasteiger partial charge is 0.452 e. The van der Waals surface area contributed by atoms with E-state index in [1.165, 1.54) is 12.1 Å². The van der Waals surface area contributed by atoms with Crippen LogP contribution in [0.1, 0.15) is 11.3 Å². The number of aliphatic hydroxyl groups is 1. The number of fused-ring (bicyclic) bond motifs is 1. The van der Waals surface area contributed by atoms with E-state index in [1.807, 2.05) is 31.2 Å². The monoisotopic (exact) mass is 283 g/mol. The third-order valence-electron chi connectivity index (χ3n) is 3.22. The van der Waals surface area contributed by atoms with Crippen LogP contribution in [0.25, 0.3) is 10.9 Å². The van der Waals surface area contributed by atoms with Gasteiger partial charge < -0.3 is 9.84 Å². The number of para-hydroxylation sites is 1. The van der Waals surface area contributed by atoms with E-state index in [0.717, 1.165) is 11.1 Å². The number of aryl methyl sites for hydroxylation is 1. The fourth-order valence-corrected chi connectivity index (χ4v) is 2.14. The Hall–Kier alpha value is -2.46. The molecule has 0 spiro atoms. The number of hydrogen-bond donors (Lipinski definition) is 1. The first-order valence-corrected chi connectivity index (χ1v) is 6.61. The number of ether oxygens (including phenoxy) is 1. The van der Waals surface area contributed by atoms with Gasteiger partial charge in [0, 0.05) is 11.1 Å². The normalized spacial score (nSPS) is 10.8. The first-order valence-electron chi connectivity index (χ1n) is 6.61. The smallest absolute Gasteiger partial charge is 0.166 e. The molecule has 2 aromatic carbocycles. The van der Waals surface area contributed by atoms with E-state index in [9.17, 15) is 4.39 Å². The molecular weight excluding hydrogens is 269 g/mol. The molecule has 1 aromatic heterocycles. The van der Waals surface area contributed by atoms with Crippen LogP contribution in [0.15, 0.2) is 48.5 Å². The zero-order valence-electron chi connectivity index (χ0n) is 11.5. The van der Waals surface area contributed by atoms with Crippen molar-refractivity contribution in [2.75, 3.05) is 0 Å². The van der Waals surface area contributed by atoms with Crippen molar-refractivity contribution in [2.45, 2.75) is 13.5 Å². The summed E-state index contributed by atoms with van der Waals surface area (Å²) in [4.78, 5) is 4.45. The molecule has 3 nitrogen and oxygen atoms in total. The molecule has 0 unspecified atom stereocenters. The van der Waals surface area contributed by atoms with Crippen molar-refractivity contribution in [1.82, 2.24) is 4.98 Å². The molecule has 0 saturated heterocycles. The number of hydrogen-bond acceptors (Lipinski definition) is 3. The number of nitrogens with zero attached hydrogens (tertiary/aromatic N) is 1. The minimum Gasteiger partial charge on any atom is -0.452 e. The standard InChI is InChI=1S/C17H14FNO2/c1-11-5-7-13-3-2-4-16(17(13)19-11)21-15-8-6-12(10-20)9-14(15)18/h2-9,20H,10H2,1H3. The van der Waals surface area contributed by atoms with Crippen molar-refractivity contribution in [3.8, 4) is 11.5 Å². The van der Waals surface area contributed by atoms with E-state index in [1.54, 1.807) is 12.1 Å². The minimum atomic E-state index is -0.508. The summed E-state index contributed by atoms with van der Waals surface area (Å²) in [5.74, 6) is 0.112. The van der Waals surface area contributed by atoms with Crippen molar-refractivity contribution in [3.63, 3.8) is 0 Å². The predicted molar refractivity (Wildman–Crippen MR) is 78.9 cm³/mol. The lowest BCUT2D eigenvalue weighted by molar-refractivity contribution is 0.281. The topological polar surface area (TPSA) is 42.4 Å². The Bertz CT molecular complexity index is 802. The fourth-order valence-electron chi connectivity index (χ4n) is 2.14. The summed E-state index contributed by atoms with van der Waals surface area (Å²) in [5, 5.41) is 9.93. The number of benzene rings is 2. The number of aromatic nitrogens is 1. The molecule has 0 aliphatic rings. The van der Waals surface area contributed by atoms with Gasteiger partial charge in [0.1, 0.15) is 5.52 Å². The Morgan fingerprint density at radius 2 is 1.95 bits per heavy atom. The molecule has 0 amide bonds. The highest BCUT2D eigenvalue weighted by molar-refractivity contribution is 5.84. The van der Waals surface area contributed by atoms with Gasteiger partial charge in [-0.25, -0.2) is 9.37 Å². The zero-order valence-corrected chi connectivity index (χ0v) is 11.5. The number of rotatable bonds is 3. The maximum atomic E-state index is 13.9. The van der Waals surface area contributed by atoms with Gasteiger partial charge in [-0.15, -0.1) is 0 Å². The van der Waals surface area contributed by atoms with Crippen molar-refractivity contribution in [3.05, 3.63) is 65.6 Å². The van der Waals surface area contributed by atoms with Crippen molar-refractivity contribution >= 4 is 10.9 Å². The number of pyridine rings is 1. The first kappa shape index (κ1) is 13.5. The second-order valence-corrected chi connectivity index (χ2v) is 4.81. The molecule has 0 aliphatic heterocycles. The Labute approximate surface area is 121 Å². The van der Waals surface area contributed by atoms with Crippen LogP contribution in [-0.2, 0) is 6.61 Å². The summed E-state index contributed by atoms with van der Waals surface area (Å²) >= 11 is 0. The lowest BCUT2D eigenvalue weighted by Crippen LogP contribution is -1.93. The van der Waals surface area contributed by atoms with Gasteiger partial charge in [-0.1, -0.05) is 24.3 Å². The average molecular weight is 283 g/mol. The highest BCUT2D eigenvalue weighted by atomic mass is 19.1. The minimum absolute atomic E-state index is 0.114. The molecule has 3 aromatic rings. The Balaban J connectivity index is 2.04. The molecule has 3 rings (SSSR count). The van der Waals surface area contributed by atoms with E-state index in [4.69, 9.17) is 9.84 Å². The van der Waals surface area contributed by atoms with Gasteiger partial charge in [0.15, 0.2) is 17.3 Å². The molecule has 0 radical (unpaired) electrons. The van der Waals surface area contributed by atoms with E-state index in [0.29, 0.717) is 16.8 Å². The molecule has 21 heavy (non-hydrogen) atoms. The van der Waals surface area contributed by atoms with E-state index in [-0.39, 0.29) is 12.4 Å². The van der Waals surface area contributed by atoms with Crippen molar-refractivity contribution in [1.29, 1.82) is 0 Å². The van der Waals surface area contributed by atoms with Crippen molar-refractivity contribution in [2.24, 2.45) is 0 Å². The third-order valence-corrected chi connectivity index (χ3v) is 3.22. The lowest BCUT2D eigenvalue weighted by atomic mass is 10.2. The quantitative estimate of drug-likeness (QED) is 0.791. The van der Waals surface area contributed by atoms with E-state index < -0.39 is 5.82 Å². The summed E-state index contributed by atoms with van der Waals surface area (Å²) < 4.78 is 19.6. The van der Waals surface area contributed by atoms with Crippen LogP contribution in [0.3, 0.4) is 0 Å². The highest BCUT2D eigenvalue weighted by Crippen LogP contribution is 2.30. The van der Waals surface area contributed by atoms with Gasteiger partial charge in [-0.2, -0.15) is 0 Å². The molecular formula is C17H14FNO2. The van der Waals surface area contributed by atoms with Crippen LogP contribution >= 0.6 is 0 Å². The SMILES string of the molecule is Cc1ccc2cccc(Oc3ccc(CO)cc3F)c2n1. The summed E-state index contributed by atoms with van der Waals surface area (Å²) in [6.45, 7) is 1.69. The summed E-state index contributed by atoms with van der Waals surface area (Å²) in [6.07, 6.45) is 0. The van der Waals surface area contributed by atoms with Gasteiger partial charge in [-0.3, -0.25) is 0 Å². The maximum absolute atomic E-state index is 13.9. The fraction of sp³-hybridized carbons (Fsp3) is 0.118. The average Bonchev–Trinajstić information content (AvgIpc) is 2.49. The molecule has 1 N–H and O–H groups in total.